The molecule has 2 rings (SSSR count). The van der Waals surface area contributed by atoms with Gasteiger partial charge in [-0.25, -0.2) is 4.98 Å². The number of hydrogen-bond donors (Lipinski definition) is 1. The number of benzene rings is 1. The summed E-state index contributed by atoms with van der Waals surface area (Å²) in [5, 5.41) is 4.75. The number of hydrogen-bond acceptors (Lipinski definition) is 3. The van der Waals surface area contributed by atoms with Crippen LogP contribution in [0.4, 0.5) is 0 Å². The van der Waals surface area contributed by atoms with Crippen molar-refractivity contribution >= 4 is 11.3 Å². The lowest BCUT2D eigenvalue weighted by atomic mass is 10.2. The highest BCUT2D eigenvalue weighted by molar-refractivity contribution is 7.11. The molecule has 1 aromatic heterocycles. The minimum Gasteiger partial charge on any atom is -0.312 e. The Morgan fingerprint density at radius 3 is 2.60 bits per heavy atom. The third-order valence-electron chi connectivity index (χ3n) is 3.19. The van der Waals surface area contributed by atoms with Crippen molar-refractivity contribution in [3.05, 3.63) is 51.5 Å². The maximum absolute atomic E-state index is 4.80. The Hall–Kier alpha value is -1.19. The van der Waals surface area contributed by atoms with Crippen LogP contribution in [-0.4, -0.2) is 11.5 Å². The second-order valence-electron chi connectivity index (χ2n) is 5.52. The Bertz CT molecular complexity index is 517. The molecular formula is C17H24N2S. The normalized spacial score (nSPS) is 11.2. The highest BCUT2D eigenvalue weighted by Crippen LogP contribution is 2.21. The topological polar surface area (TPSA) is 24.9 Å². The van der Waals surface area contributed by atoms with Crippen LogP contribution in [0.3, 0.4) is 0 Å². The zero-order valence-electron chi connectivity index (χ0n) is 12.6. The van der Waals surface area contributed by atoms with Gasteiger partial charge in [0, 0.05) is 17.8 Å². The zero-order valence-corrected chi connectivity index (χ0v) is 13.5. The van der Waals surface area contributed by atoms with Gasteiger partial charge in [0.2, 0.25) is 0 Å². The molecule has 0 unspecified atom stereocenters. The van der Waals surface area contributed by atoms with Gasteiger partial charge in [-0.15, -0.1) is 11.3 Å². The van der Waals surface area contributed by atoms with Crippen molar-refractivity contribution in [2.75, 3.05) is 6.54 Å². The fourth-order valence-electron chi connectivity index (χ4n) is 2.17. The highest BCUT2D eigenvalue weighted by atomic mass is 32.1. The first-order valence-electron chi connectivity index (χ1n) is 7.41. The van der Waals surface area contributed by atoms with Crippen LogP contribution in [0.1, 0.15) is 41.9 Å². The molecule has 3 heteroatoms. The van der Waals surface area contributed by atoms with Gasteiger partial charge in [0.1, 0.15) is 0 Å². The van der Waals surface area contributed by atoms with Crippen LogP contribution in [0.25, 0.3) is 0 Å². The Morgan fingerprint density at radius 2 is 1.95 bits per heavy atom. The van der Waals surface area contributed by atoms with Gasteiger partial charge in [-0.3, -0.25) is 0 Å². The summed E-state index contributed by atoms with van der Waals surface area (Å²) >= 11 is 1.86. The molecule has 2 nitrogen and oxygen atoms in total. The Morgan fingerprint density at radius 1 is 1.20 bits per heavy atom. The van der Waals surface area contributed by atoms with E-state index < -0.39 is 0 Å². The maximum Gasteiger partial charge on any atom is 0.0975 e. The number of thiazole rings is 1. The summed E-state index contributed by atoms with van der Waals surface area (Å²) in [6.07, 6.45) is 1.96. The van der Waals surface area contributed by atoms with Gasteiger partial charge in [-0.2, -0.15) is 0 Å². The van der Waals surface area contributed by atoms with Crippen molar-refractivity contribution in [1.29, 1.82) is 0 Å². The zero-order chi connectivity index (χ0) is 14.4. The first-order chi connectivity index (χ1) is 9.69. The van der Waals surface area contributed by atoms with E-state index in [1.807, 2.05) is 11.3 Å². The molecule has 0 spiro atoms. The lowest BCUT2D eigenvalue weighted by molar-refractivity contribution is 0.553. The maximum atomic E-state index is 4.80. The first-order valence-corrected chi connectivity index (χ1v) is 8.22. The van der Waals surface area contributed by atoms with Gasteiger partial charge in [-0.05, 0) is 24.4 Å². The third kappa shape index (κ3) is 4.43. The molecule has 20 heavy (non-hydrogen) atoms. The van der Waals surface area contributed by atoms with Crippen molar-refractivity contribution in [2.45, 2.75) is 40.2 Å². The molecule has 0 amide bonds. The molecule has 0 fully saturated rings. The van der Waals surface area contributed by atoms with Crippen LogP contribution in [0, 0.1) is 5.92 Å². The van der Waals surface area contributed by atoms with Crippen molar-refractivity contribution in [2.24, 2.45) is 5.92 Å². The van der Waals surface area contributed by atoms with Crippen molar-refractivity contribution < 1.29 is 0 Å². The minimum atomic E-state index is 0.691. The monoisotopic (exact) mass is 288 g/mol. The van der Waals surface area contributed by atoms with Gasteiger partial charge >= 0.3 is 0 Å². The number of nitrogens with zero attached hydrogens (tertiary/aromatic N) is 1. The van der Waals surface area contributed by atoms with Gasteiger partial charge in [0.25, 0.3) is 0 Å². The van der Waals surface area contributed by atoms with Crippen LogP contribution in [0.5, 0.6) is 0 Å². The van der Waals surface area contributed by atoms with Gasteiger partial charge in [0.15, 0.2) is 0 Å². The van der Waals surface area contributed by atoms with Crippen LogP contribution in [0.2, 0.25) is 0 Å². The molecular weight excluding hydrogens is 264 g/mol. The smallest absolute Gasteiger partial charge is 0.0975 e. The number of nitrogens with one attached hydrogen (secondary N) is 1. The molecule has 2 aromatic rings. The molecule has 0 radical (unpaired) electrons. The molecule has 0 atom stereocenters. The number of aromatic nitrogens is 1. The largest absolute Gasteiger partial charge is 0.312 e. The molecule has 0 saturated heterocycles. The summed E-state index contributed by atoms with van der Waals surface area (Å²) in [7, 11) is 0. The third-order valence-corrected chi connectivity index (χ3v) is 4.29. The molecule has 0 aliphatic rings. The number of rotatable bonds is 7. The van der Waals surface area contributed by atoms with E-state index in [0.717, 1.165) is 25.9 Å². The van der Waals surface area contributed by atoms with Gasteiger partial charge < -0.3 is 5.32 Å². The predicted octanol–water partition coefficient (Wildman–Crippen LogP) is 4.04. The summed E-state index contributed by atoms with van der Waals surface area (Å²) in [4.78, 5) is 6.20. The second-order valence-corrected chi connectivity index (χ2v) is 6.69. The molecule has 0 bridgehead atoms. The summed E-state index contributed by atoms with van der Waals surface area (Å²) in [6.45, 7) is 8.68. The molecule has 1 N–H and O–H groups in total. The van der Waals surface area contributed by atoms with E-state index in [0.29, 0.717) is 5.92 Å². The van der Waals surface area contributed by atoms with Gasteiger partial charge in [0.05, 0.1) is 10.7 Å². The fourth-order valence-corrected chi connectivity index (χ4v) is 3.33. The van der Waals surface area contributed by atoms with Crippen LogP contribution < -0.4 is 5.32 Å². The van der Waals surface area contributed by atoms with Crippen molar-refractivity contribution in [3.8, 4) is 0 Å². The Kier molecular flexibility index (Phi) is 5.74. The molecule has 0 saturated carbocycles. The molecule has 1 heterocycles. The lowest BCUT2D eigenvalue weighted by Gasteiger charge is -2.06. The van der Waals surface area contributed by atoms with Crippen molar-refractivity contribution in [1.82, 2.24) is 10.3 Å². The quantitative estimate of drug-likeness (QED) is 0.831. The second kappa shape index (κ2) is 7.55. The van der Waals surface area contributed by atoms with E-state index in [1.54, 1.807) is 0 Å². The SMILES string of the molecule is CCc1nc(Cc2ccccc2)sc1CNCC(C)C. The standard InChI is InChI=1S/C17H24N2S/c1-4-15-16(12-18-11-13(2)3)20-17(19-15)10-14-8-6-5-7-9-14/h5-9,13,18H,4,10-12H2,1-3H3. The number of aryl methyl sites for hydroxylation is 1. The van der Waals surface area contributed by atoms with Crippen LogP contribution >= 0.6 is 11.3 Å². The van der Waals surface area contributed by atoms with E-state index in [1.165, 1.54) is 21.1 Å². The predicted molar refractivity (Wildman–Crippen MR) is 87.3 cm³/mol. The molecule has 1 aromatic carbocycles. The lowest BCUT2D eigenvalue weighted by Crippen LogP contribution is -2.18. The van der Waals surface area contributed by atoms with E-state index >= 15 is 0 Å². The molecule has 0 aliphatic heterocycles. The molecule has 108 valence electrons. The first kappa shape index (κ1) is 15.2. The van der Waals surface area contributed by atoms with Gasteiger partial charge in [-0.1, -0.05) is 51.1 Å². The minimum absolute atomic E-state index is 0.691. The van der Waals surface area contributed by atoms with E-state index in [9.17, 15) is 0 Å². The van der Waals surface area contributed by atoms with E-state index in [-0.39, 0.29) is 0 Å². The summed E-state index contributed by atoms with van der Waals surface area (Å²) in [6, 6.07) is 10.6. The summed E-state index contributed by atoms with van der Waals surface area (Å²) < 4.78 is 0. The van der Waals surface area contributed by atoms with Crippen LogP contribution in [0.15, 0.2) is 30.3 Å². The van der Waals surface area contributed by atoms with E-state index in [2.05, 4.69) is 56.4 Å². The Labute approximate surface area is 126 Å². The fraction of sp³-hybridized carbons (Fsp3) is 0.471. The average molecular weight is 288 g/mol. The average Bonchev–Trinajstić information content (AvgIpc) is 2.81. The summed E-state index contributed by atoms with van der Waals surface area (Å²) in [5.74, 6) is 0.691. The van der Waals surface area contributed by atoms with E-state index in [4.69, 9.17) is 4.98 Å². The summed E-state index contributed by atoms with van der Waals surface area (Å²) in [5.41, 5.74) is 2.60. The highest BCUT2D eigenvalue weighted by Gasteiger charge is 2.10. The Balaban J connectivity index is 2.02. The molecule has 0 aliphatic carbocycles. The van der Waals surface area contributed by atoms with Crippen molar-refractivity contribution in [3.63, 3.8) is 0 Å². The van der Waals surface area contributed by atoms with Crippen LogP contribution in [-0.2, 0) is 19.4 Å².